The number of benzene rings is 2. The molecule has 4 aromatic rings. The molecule has 0 aliphatic rings. The molecule has 0 spiro atoms. The van der Waals surface area contributed by atoms with Crippen molar-refractivity contribution in [1.82, 2.24) is 29.4 Å². The Kier molecular flexibility index (Phi) is 7.33. The van der Waals surface area contributed by atoms with E-state index in [-0.39, 0.29) is 48.7 Å². The summed E-state index contributed by atoms with van der Waals surface area (Å²) in [6.07, 6.45) is 0.841. The minimum absolute atomic E-state index is 0.0195. The number of carbonyl (C=O) groups is 2. The number of nitrogens with one attached hydrogen (secondary N) is 2. The lowest BCUT2D eigenvalue weighted by Gasteiger charge is -2.12. The maximum absolute atomic E-state index is 13.3. The number of nitrogens with zero attached hydrogens (tertiary/aromatic N) is 4. The second-order valence-electron chi connectivity index (χ2n) is 8.94. The normalized spacial score (nSPS) is 12.1. The van der Waals surface area contributed by atoms with E-state index < -0.39 is 5.69 Å². The van der Waals surface area contributed by atoms with Crippen LogP contribution in [0.4, 0.5) is 0 Å². The van der Waals surface area contributed by atoms with Crippen LogP contribution in [0.5, 0.6) is 0 Å². The average molecular weight is 491 g/mol. The first-order valence-corrected chi connectivity index (χ1v) is 12.0. The number of amides is 2. The Morgan fingerprint density at radius 1 is 1.03 bits per heavy atom. The van der Waals surface area contributed by atoms with Crippen molar-refractivity contribution in [1.29, 1.82) is 0 Å². The molecule has 0 saturated heterocycles. The van der Waals surface area contributed by atoms with Gasteiger partial charge in [-0.3, -0.25) is 19.0 Å². The molecule has 1 atom stereocenters. The zero-order valence-corrected chi connectivity index (χ0v) is 20.7. The van der Waals surface area contributed by atoms with E-state index >= 15 is 0 Å². The number of carbonyl (C=O) groups excluding carboxylic acids is 2. The van der Waals surface area contributed by atoms with Crippen molar-refractivity contribution in [2.24, 2.45) is 0 Å². The Bertz CT molecular complexity index is 1530. The lowest BCUT2D eigenvalue weighted by atomic mass is 10.1. The number of aryl methyl sites for hydroxylation is 2. The lowest BCUT2D eigenvalue weighted by Crippen LogP contribution is -2.34. The molecule has 36 heavy (non-hydrogen) atoms. The molecule has 0 fully saturated rings. The van der Waals surface area contributed by atoms with Crippen LogP contribution in [0.2, 0.25) is 0 Å². The Balaban J connectivity index is 1.64. The Morgan fingerprint density at radius 2 is 1.75 bits per heavy atom. The molecule has 4 rings (SSSR count). The van der Waals surface area contributed by atoms with Crippen LogP contribution in [-0.2, 0) is 29.2 Å². The van der Waals surface area contributed by atoms with E-state index in [0.717, 1.165) is 22.2 Å². The number of fused-ring (bicyclic) bond motifs is 3. The van der Waals surface area contributed by atoms with Crippen LogP contribution in [0.25, 0.3) is 16.7 Å². The highest BCUT2D eigenvalue weighted by molar-refractivity contribution is 5.80. The van der Waals surface area contributed by atoms with Gasteiger partial charge in [0.05, 0.1) is 10.9 Å². The molecule has 10 nitrogen and oxygen atoms in total. The third kappa shape index (κ3) is 5.22. The van der Waals surface area contributed by atoms with Gasteiger partial charge in [0, 0.05) is 25.6 Å². The highest BCUT2D eigenvalue weighted by Crippen LogP contribution is 2.11. The standard InChI is InChI=1S/C26H30N6O4/c1-4-18(3)28-22(33)13-14-30-24(35)20-7-5-6-8-21(20)32-25(30)29-31(26(32)36)16-23(34)27-15-19-11-9-17(2)10-12-19/h5-12,18H,4,13-16H2,1-3H3,(H,27,34)(H,28,33)/t18-/m0/s1. The molecule has 2 aromatic carbocycles. The Morgan fingerprint density at radius 3 is 2.47 bits per heavy atom. The molecular weight excluding hydrogens is 460 g/mol. The van der Waals surface area contributed by atoms with E-state index in [1.807, 2.05) is 45.0 Å². The largest absolute Gasteiger partial charge is 0.354 e. The quantitative estimate of drug-likeness (QED) is 0.370. The van der Waals surface area contributed by atoms with Crippen LogP contribution in [0, 0.1) is 6.92 Å². The van der Waals surface area contributed by atoms with Crippen molar-refractivity contribution in [2.75, 3.05) is 0 Å². The minimum atomic E-state index is -0.538. The van der Waals surface area contributed by atoms with Crippen LogP contribution in [0.3, 0.4) is 0 Å². The maximum Gasteiger partial charge on any atom is 0.352 e. The van der Waals surface area contributed by atoms with E-state index in [0.29, 0.717) is 17.4 Å². The zero-order chi connectivity index (χ0) is 25.8. The second-order valence-corrected chi connectivity index (χ2v) is 8.94. The average Bonchev–Trinajstić information content (AvgIpc) is 3.19. The molecule has 0 radical (unpaired) electrons. The summed E-state index contributed by atoms with van der Waals surface area (Å²) in [5.74, 6) is -0.488. The molecule has 0 unspecified atom stereocenters. The van der Waals surface area contributed by atoms with Crippen LogP contribution >= 0.6 is 0 Å². The van der Waals surface area contributed by atoms with Crippen molar-refractivity contribution in [2.45, 2.75) is 59.3 Å². The predicted octanol–water partition coefficient (Wildman–Crippen LogP) is 1.74. The molecular formula is C26H30N6O4. The Hall–Kier alpha value is -4.21. The van der Waals surface area contributed by atoms with Crippen molar-refractivity contribution < 1.29 is 9.59 Å². The van der Waals surface area contributed by atoms with Crippen molar-refractivity contribution in [3.63, 3.8) is 0 Å². The summed E-state index contributed by atoms with van der Waals surface area (Å²) >= 11 is 0. The number of hydrogen-bond acceptors (Lipinski definition) is 5. The topological polar surface area (TPSA) is 120 Å². The Labute approximate surface area is 207 Å². The molecule has 0 saturated carbocycles. The summed E-state index contributed by atoms with van der Waals surface area (Å²) in [7, 11) is 0. The third-order valence-corrected chi connectivity index (χ3v) is 6.17. The van der Waals surface area contributed by atoms with E-state index in [9.17, 15) is 19.2 Å². The minimum Gasteiger partial charge on any atom is -0.354 e. The summed E-state index contributed by atoms with van der Waals surface area (Å²) in [4.78, 5) is 51.5. The van der Waals surface area contributed by atoms with Crippen LogP contribution in [0.15, 0.2) is 58.1 Å². The van der Waals surface area contributed by atoms with Gasteiger partial charge in [-0.2, -0.15) is 0 Å². The number of aromatic nitrogens is 4. The molecule has 10 heteroatoms. The van der Waals surface area contributed by atoms with E-state index in [2.05, 4.69) is 15.7 Å². The molecule has 0 aliphatic heterocycles. The lowest BCUT2D eigenvalue weighted by molar-refractivity contribution is -0.122. The van der Waals surface area contributed by atoms with Gasteiger partial charge in [-0.1, -0.05) is 48.9 Å². The van der Waals surface area contributed by atoms with Crippen molar-refractivity contribution in [3.05, 3.63) is 80.5 Å². The van der Waals surface area contributed by atoms with Gasteiger partial charge >= 0.3 is 5.69 Å². The number of hydrogen-bond donors (Lipinski definition) is 2. The predicted molar refractivity (Wildman–Crippen MR) is 137 cm³/mol. The van der Waals surface area contributed by atoms with Gasteiger partial charge in [-0.05, 0) is 38.0 Å². The smallest absolute Gasteiger partial charge is 0.352 e. The summed E-state index contributed by atoms with van der Waals surface area (Å²) in [5, 5.41) is 10.3. The van der Waals surface area contributed by atoms with Crippen LogP contribution in [-0.4, -0.2) is 36.6 Å². The summed E-state index contributed by atoms with van der Waals surface area (Å²) < 4.78 is 3.68. The molecule has 2 N–H and O–H groups in total. The second kappa shape index (κ2) is 10.6. The first-order valence-electron chi connectivity index (χ1n) is 12.0. The molecule has 188 valence electrons. The molecule has 2 heterocycles. The van der Waals surface area contributed by atoms with E-state index in [4.69, 9.17) is 0 Å². The van der Waals surface area contributed by atoms with Gasteiger partial charge < -0.3 is 10.6 Å². The number of rotatable bonds is 9. The first kappa shape index (κ1) is 24.9. The van der Waals surface area contributed by atoms with Crippen molar-refractivity contribution in [3.8, 4) is 0 Å². The maximum atomic E-state index is 13.3. The summed E-state index contributed by atoms with van der Waals surface area (Å²) in [6, 6.07) is 14.5. The molecule has 2 aromatic heterocycles. The van der Waals surface area contributed by atoms with Gasteiger partial charge in [0.25, 0.3) is 5.56 Å². The van der Waals surface area contributed by atoms with Crippen LogP contribution < -0.4 is 21.9 Å². The number of para-hydroxylation sites is 1. The monoisotopic (exact) mass is 490 g/mol. The molecule has 0 aliphatic carbocycles. The van der Waals surface area contributed by atoms with E-state index in [1.54, 1.807) is 24.3 Å². The summed E-state index contributed by atoms with van der Waals surface area (Å²) in [5.41, 5.74) is 1.57. The third-order valence-electron chi connectivity index (χ3n) is 6.17. The summed E-state index contributed by atoms with van der Waals surface area (Å²) in [6.45, 7) is 5.93. The highest BCUT2D eigenvalue weighted by atomic mass is 16.2. The van der Waals surface area contributed by atoms with Gasteiger partial charge in [-0.25, -0.2) is 13.9 Å². The fraction of sp³-hybridized carbons (Fsp3) is 0.346. The first-order chi connectivity index (χ1) is 17.3. The molecule has 2 amide bonds. The van der Waals surface area contributed by atoms with Gasteiger partial charge in [0.1, 0.15) is 6.54 Å². The molecule has 0 bridgehead atoms. The zero-order valence-electron chi connectivity index (χ0n) is 20.7. The SMILES string of the molecule is CC[C@H](C)NC(=O)CCn1c(=O)c2ccccc2n2c(=O)n(CC(=O)NCc3ccc(C)cc3)nc12. The van der Waals surface area contributed by atoms with E-state index in [1.165, 1.54) is 8.97 Å². The van der Waals surface area contributed by atoms with Gasteiger partial charge in [0.15, 0.2) is 0 Å². The fourth-order valence-corrected chi connectivity index (χ4v) is 3.93. The van der Waals surface area contributed by atoms with Crippen molar-refractivity contribution >= 4 is 28.5 Å². The van der Waals surface area contributed by atoms with Gasteiger partial charge in [0.2, 0.25) is 17.6 Å². The fourth-order valence-electron chi connectivity index (χ4n) is 3.93. The van der Waals surface area contributed by atoms with Gasteiger partial charge in [-0.15, -0.1) is 5.10 Å². The van der Waals surface area contributed by atoms with Crippen LogP contribution in [0.1, 0.15) is 37.8 Å². The highest BCUT2D eigenvalue weighted by Gasteiger charge is 2.19.